The zero-order chi connectivity index (χ0) is 23.3. The predicted molar refractivity (Wildman–Crippen MR) is 131 cm³/mol. The lowest BCUT2D eigenvalue weighted by Crippen LogP contribution is -2.33. The van der Waals surface area contributed by atoms with Crippen molar-refractivity contribution in [1.82, 2.24) is 10.0 Å². The molecule has 4 aromatic carbocycles. The number of carbonyl (C=O) groups excluding carboxylic acids is 1. The van der Waals surface area contributed by atoms with Gasteiger partial charge in [0, 0.05) is 13.0 Å². The van der Waals surface area contributed by atoms with Crippen LogP contribution in [0.3, 0.4) is 0 Å². The van der Waals surface area contributed by atoms with E-state index in [9.17, 15) is 13.2 Å². The standard InChI is InChI=1S/C27H26N2O3S/c1-20-11-15-25(16-12-20)33(31,32)29-26(18-27(30)28-19-21-7-3-2-4-8-21)24-14-13-22-9-5-6-10-23(22)17-24/h2-17,26,29H,18-19H2,1H3,(H,28,30)/t26-/m0/s1. The molecule has 0 spiro atoms. The van der Waals surface area contributed by atoms with E-state index in [4.69, 9.17) is 0 Å². The molecule has 0 saturated heterocycles. The molecule has 0 bridgehead atoms. The van der Waals surface area contributed by atoms with E-state index in [0.29, 0.717) is 6.54 Å². The molecule has 4 rings (SSSR count). The van der Waals surface area contributed by atoms with Crippen LogP contribution >= 0.6 is 0 Å². The van der Waals surface area contributed by atoms with Crippen molar-refractivity contribution in [1.29, 1.82) is 0 Å². The molecule has 1 amide bonds. The van der Waals surface area contributed by atoms with Crippen LogP contribution in [0.2, 0.25) is 0 Å². The maximum atomic E-state index is 13.1. The van der Waals surface area contributed by atoms with Crippen LogP contribution < -0.4 is 10.0 Å². The first-order valence-corrected chi connectivity index (χ1v) is 12.3. The highest BCUT2D eigenvalue weighted by Gasteiger charge is 2.24. The Hall–Kier alpha value is -3.48. The Bertz CT molecular complexity index is 1350. The minimum Gasteiger partial charge on any atom is -0.352 e. The summed E-state index contributed by atoms with van der Waals surface area (Å²) in [5.41, 5.74) is 2.69. The van der Waals surface area contributed by atoms with Gasteiger partial charge in [-0.25, -0.2) is 13.1 Å². The van der Waals surface area contributed by atoms with Gasteiger partial charge < -0.3 is 5.32 Å². The summed E-state index contributed by atoms with van der Waals surface area (Å²) in [7, 11) is -3.82. The third-order valence-electron chi connectivity index (χ3n) is 5.53. The second kappa shape index (κ2) is 9.98. The first kappa shape index (κ1) is 22.7. The lowest BCUT2D eigenvalue weighted by atomic mass is 10.00. The average Bonchev–Trinajstić information content (AvgIpc) is 2.83. The van der Waals surface area contributed by atoms with Gasteiger partial charge in [-0.05, 0) is 47.0 Å². The fraction of sp³-hybridized carbons (Fsp3) is 0.148. The normalized spacial score (nSPS) is 12.4. The van der Waals surface area contributed by atoms with Crippen molar-refractivity contribution in [2.75, 3.05) is 0 Å². The van der Waals surface area contributed by atoms with E-state index in [-0.39, 0.29) is 17.2 Å². The van der Waals surface area contributed by atoms with Crippen LogP contribution in [0.4, 0.5) is 0 Å². The van der Waals surface area contributed by atoms with Crippen LogP contribution in [0.25, 0.3) is 10.8 Å². The van der Waals surface area contributed by atoms with E-state index in [2.05, 4.69) is 10.0 Å². The Morgan fingerprint density at radius 2 is 1.48 bits per heavy atom. The number of aryl methyl sites for hydroxylation is 1. The van der Waals surface area contributed by atoms with Gasteiger partial charge in [-0.1, -0.05) is 84.4 Å². The highest BCUT2D eigenvalue weighted by Crippen LogP contribution is 2.25. The highest BCUT2D eigenvalue weighted by molar-refractivity contribution is 7.89. The number of carbonyl (C=O) groups is 1. The van der Waals surface area contributed by atoms with Crippen molar-refractivity contribution in [2.45, 2.75) is 30.8 Å². The molecule has 0 heterocycles. The Balaban J connectivity index is 1.59. The zero-order valence-corrected chi connectivity index (χ0v) is 19.2. The van der Waals surface area contributed by atoms with Crippen LogP contribution in [0, 0.1) is 6.92 Å². The Labute approximate surface area is 194 Å². The number of nitrogens with one attached hydrogen (secondary N) is 2. The maximum Gasteiger partial charge on any atom is 0.241 e. The van der Waals surface area contributed by atoms with Crippen LogP contribution in [0.1, 0.15) is 29.2 Å². The molecular formula is C27H26N2O3S. The van der Waals surface area contributed by atoms with Crippen molar-refractivity contribution >= 4 is 26.7 Å². The van der Waals surface area contributed by atoms with Crippen LogP contribution in [-0.4, -0.2) is 14.3 Å². The Morgan fingerprint density at radius 1 is 0.818 bits per heavy atom. The monoisotopic (exact) mass is 458 g/mol. The van der Waals surface area contributed by atoms with Crippen molar-refractivity contribution in [3.63, 3.8) is 0 Å². The number of amides is 1. The van der Waals surface area contributed by atoms with Gasteiger partial charge in [0.05, 0.1) is 10.9 Å². The first-order valence-electron chi connectivity index (χ1n) is 10.8. The van der Waals surface area contributed by atoms with Gasteiger partial charge in [-0.3, -0.25) is 4.79 Å². The van der Waals surface area contributed by atoms with E-state index in [1.165, 1.54) is 0 Å². The molecule has 168 valence electrons. The van der Waals surface area contributed by atoms with Gasteiger partial charge in [-0.15, -0.1) is 0 Å². The average molecular weight is 459 g/mol. The molecule has 0 aromatic heterocycles. The van der Waals surface area contributed by atoms with Gasteiger partial charge in [0.15, 0.2) is 0 Å². The molecule has 2 N–H and O–H groups in total. The summed E-state index contributed by atoms with van der Waals surface area (Å²) in [6, 6.07) is 29.2. The molecule has 5 nitrogen and oxygen atoms in total. The third-order valence-corrected chi connectivity index (χ3v) is 7.01. The lowest BCUT2D eigenvalue weighted by Gasteiger charge is -2.20. The molecule has 0 fully saturated rings. The number of sulfonamides is 1. The fourth-order valence-corrected chi connectivity index (χ4v) is 4.90. The quantitative estimate of drug-likeness (QED) is 0.395. The van der Waals surface area contributed by atoms with Crippen LogP contribution in [0.15, 0.2) is 102 Å². The molecule has 0 saturated carbocycles. The SMILES string of the molecule is Cc1ccc(S(=O)(=O)N[C@@H](CC(=O)NCc2ccccc2)c2ccc3ccccc3c2)cc1. The van der Waals surface area contributed by atoms with Crippen molar-refractivity contribution in [3.05, 3.63) is 114 Å². The Morgan fingerprint density at radius 3 is 2.21 bits per heavy atom. The third kappa shape index (κ3) is 5.86. The summed E-state index contributed by atoms with van der Waals surface area (Å²) in [5.74, 6) is -0.233. The first-order chi connectivity index (χ1) is 15.9. The fourth-order valence-electron chi connectivity index (χ4n) is 3.68. The smallest absolute Gasteiger partial charge is 0.241 e. The number of hydrogen-bond donors (Lipinski definition) is 2. The molecule has 0 aliphatic carbocycles. The predicted octanol–water partition coefficient (Wildman–Crippen LogP) is 4.87. The molecule has 1 atom stereocenters. The largest absolute Gasteiger partial charge is 0.352 e. The van der Waals surface area contributed by atoms with Gasteiger partial charge >= 0.3 is 0 Å². The highest BCUT2D eigenvalue weighted by atomic mass is 32.2. The molecule has 0 radical (unpaired) electrons. The van der Waals surface area contributed by atoms with Crippen molar-refractivity contribution in [2.24, 2.45) is 0 Å². The van der Waals surface area contributed by atoms with Gasteiger partial charge in [0.2, 0.25) is 15.9 Å². The molecule has 6 heteroatoms. The van der Waals surface area contributed by atoms with Crippen LogP contribution in [0.5, 0.6) is 0 Å². The van der Waals surface area contributed by atoms with E-state index in [1.807, 2.05) is 79.7 Å². The second-order valence-electron chi connectivity index (χ2n) is 8.06. The molecule has 0 unspecified atom stereocenters. The summed E-state index contributed by atoms with van der Waals surface area (Å²) < 4.78 is 29.0. The van der Waals surface area contributed by atoms with E-state index in [0.717, 1.165) is 27.5 Å². The van der Waals surface area contributed by atoms with Gasteiger partial charge in [-0.2, -0.15) is 0 Å². The summed E-state index contributed by atoms with van der Waals surface area (Å²) >= 11 is 0. The number of benzene rings is 4. The number of fused-ring (bicyclic) bond motifs is 1. The van der Waals surface area contributed by atoms with E-state index < -0.39 is 16.1 Å². The van der Waals surface area contributed by atoms with Crippen LogP contribution in [-0.2, 0) is 21.4 Å². The second-order valence-corrected chi connectivity index (χ2v) is 9.77. The summed E-state index contributed by atoms with van der Waals surface area (Å²) in [6.07, 6.45) is -0.0176. The van der Waals surface area contributed by atoms with Gasteiger partial charge in [0.1, 0.15) is 0 Å². The topological polar surface area (TPSA) is 75.3 Å². The number of rotatable bonds is 8. The minimum atomic E-state index is -3.82. The summed E-state index contributed by atoms with van der Waals surface area (Å²) in [4.78, 5) is 13.0. The summed E-state index contributed by atoms with van der Waals surface area (Å²) in [6.45, 7) is 2.29. The maximum absolute atomic E-state index is 13.1. The molecule has 0 aliphatic rings. The molecule has 4 aromatic rings. The lowest BCUT2D eigenvalue weighted by molar-refractivity contribution is -0.121. The molecular weight excluding hydrogens is 432 g/mol. The molecule has 33 heavy (non-hydrogen) atoms. The van der Waals surface area contributed by atoms with E-state index >= 15 is 0 Å². The molecule has 0 aliphatic heterocycles. The Kier molecular flexibility index (Phi) is 6.87. The minimum absolute atomic E-state index is 0.0176. The zero-order valence-electron chi connectivity index (χ0n) is 18.4. The number of hydrogen-bond acceptors (Lipinski definition) is 3. The van der Waals surface area contributed by atoms with Crippen molar-refractivity contribution in [3.8, 4) is 0 Å². The van der Waals surface area contributed by atoms with E-state index in [1.54, 1.807) is 24.3 Å². The van der Waals surface area contributed by atoms with Gasteiger partial charge in [0.25, 0.3) is 0 Å². The summed E-state index contributed by atoms with van der Waals surface area (Å²) in [5, 5.41) is 4.93. The van der Waals surface area contributed by atoms with Crippen molar-refractivity contribution < 1.29 is 13.2 Å².